The predicted octanol–water partition coefficient (Wildman–Crippen LogP) is -5.44. The molecule has 0 N–H and O–H groups in total. The van der Waals surface area contributed by atoms with Gasteiger partial charge in [-0.2, -0.15) is 0 Å². The van der Waals surface area contributed by atoms with E-state index in [-0.39, 0.29) is 59.1 Å². The molecule has 6 heavy (non-hydrogen) atoms. The van der Waals surface area contributed by atoms with Gasteiger partial charge in [0.1, 0.15) is 0 Å². The minimum atomic E-state index is 0. The molecule has 24 valence electrons. The van der Waals surface area contributed by atoms with Crippen LogP contribution in [-0.4, -0.2) is 0 Å². The minimum Gasteiger partial charge on any atom is -0.789 e. The van der Waals surface area contributed by atoms with Crippen LogP contribution < -0.4 is 59.1 Å². The molecule has 0 unspecified atom stereocenters. The summed E-state index contributed by atoms with van der Waals surface area (Å²) in [6, 6.07) is 0. The molecule has 0 aliphatic carbocycles. The van der Waals surface area contributed by atoms with E-state index in [1.54, 1.807) is 0 Å². The number of hydrogen-bond acceptors (Lipinski definition) is 2. The number of hydrogen-bond donors (Lipinski definition) is 0. The third-order valence-corrected chi connectivity index (χ3v) is 0.500. The smallest absolute Gasteiger partial charge is 0.789 e. The van der Waals surface area contributed by atoms with Gasteiger partial charge in [-0.05, 0) is 0 Å². The van der Waals surface area contributed by atoms with Crippen LogP contribution in [0.25, 0.3) is 0 Å². The van der Waals surface area contributed by atoms with Crippen molar-refractivity contribution < 1.29 is 59.1 Å². The van der Waals surface area contributed by atoms with Crippen molar-refractivity contribution in [2.24, 2.45) is 0 Å². The van der Waals surface area contributed by atoms with E-state index >= 15 is 0 Å². The summed E-state index contributed by atoms with van der Waals surface area (Å²) in [6.07, 6.45) is 0. The van der Waals surface area contributed by atoms with Crippen LogP contribution in [0, 0.1) is 0 Å². The first-order chi connectivity index (χ1) is 1.91. The molecule has 0 aliphatic rings. The summed E-state index contributed by atoms with van der Waals surface area (Å²) in [4.78, 5) is 0. The molecular formula is C2H2Na2S2. The summed E-state index contributed by atoms with van der Waals surface area (Å²) in [5.41, 5.74) is 0. The fraction of sp³-hybridized carbons (Fsp3) is 0. The zero-order chi connectivity index (χ0) is 3.41. The van der Waals surface area contributed by atoms with Crippen LogP contribution in [0.5, 0.6) is 0 Å². The van der Waals surface area contributed by atoms with Crippen LogP contribution in [0.3, 0.4) is 0 Å². The molecule has 0 atom stereocenters. The summed E-state index contributed by atoms with van der Waals surface area (Å²) in [5, 5.41) is 2.80. The topological polar surface area (TPSA) is 0 Å². The molecule has 0 aliphatic heterocycles. The molecule has 0 aromatic rings. The first-order valence-corrected chi connectivity index (χ1v) is 1.75. The fourth-order valence-electron chi connectivity index (χ4n) is 0. The van der Waals surface area contributed by atoms with Gasteiger partial charge in [0.2, 0.25) is 0 Å². The molecule has 0 amide bonds. The maximum Gasteiger partial charge on any atom is 1.00 e. The molecule has 0 heterocycles. The van der Waals surface area contributed by atoms with E-state index in [1.807, 2.05) is 0 Å². The first kappa shape index (κ1) is 15.7. The Morgan fingerprint density at radius 1 is 0.833 bits per heavy atom. The summed E-state index contributed by atoms with van der Waals surface area (Å²) >= 11 is 8.54. The Balaban J connectivity index is -0.0000000450. The molecule has 0 fully saturated rings. The van der Waals surface area contributed by atoms with Crippen LogP contribution >= 0.6 is 0 Å². The average molecular weight is 136 g/mol. The second kappa shape index (κ2) is 15.7. The Labute approximate surface area is 93.6 Å². The van der Waals surface area contributed by atoms with Gasteiger partial charge in [-0.1, -0.05) is 0 Å². The monoisotopic (exact) mass is 136 g/mol. The Kier molecular flexibility index (Phi) is 41.1. The molecular weight excluding hydrogens is 134 g/mol. The fourth-order valence-corrected chi connectivity index (χ4v) is 0. The van der Waals surface area contributed by atoms with Crippen molar-refractivity contribution >= 4 is 25.3 Å². The Morgan fingerprint density at radius 3 is 1.00 bits per heavy atom. The second-order valence-corrected chi connectivity index (χ2v) is 0.816. The molecule has 0 spiro atoms. The molecule has 0 rings (SSSR count). The summed E-state index contributed by atoms with van der Waals surface area (Å²) in [6.45, 7) is 0. The van der Waals surface area contributed by atoms with Gasteiger partial charge < -0.3 is 25.3 Å². The van der Waals surface area contributed by atoms with Crippen molar-refractivity contribution in [2.75, 3.05) is 0 Å². The van der Waals surface area contributed by atoms with Crippen LogP contribution in [-0.2, 0) is 25.3 Å². The van der Waals surface area contributed by atoms with Crippen molar-refractivity contribution in [1.29, 1.82) is 0 Å². The van der Waals surface area contributed by atoms with Gasteiger partial charge in [0.15, 0.2) is 0 Å². The molecule has 0 nitrogen and oxygen atoms in total. The zero-order valence-electron chi connectivity index (χ0n) is 3.97. The van der Waals surface area contributed by atoms with E-state index in [0.717, 1.165) is 0 Å². The second-order valence-electron chi connectivity index (χ2n) is 0.272. The quantitative estimate of drug-likeness (QED) is 0.241. The van der Waals surface area contributed by atoms with Crippen LogP contribution in [0.2, 0.25) is 0 Å². The van der Waals surface area contributed by atoms with Gasteiger partial charge >= 0.3 is 59.1 Å². The van der Waals surface area contributed by atoms with Gasteiger partial charge in [0, 0.05) is 0 Å². The van der Waals surface area contributed by atoms with Crippen molar-refractivity contribution in [3.8, 4) is 0 Å². The third-order valence-electron chi connectivity index (χ3n) is 0.0556. The van der Waals surface area contributed by atoms with Crippen molar-refractivity contribution in [1.82, 2.24) is 0 Å². The van der Waals surface area contributed by atoms with E-state index < -0.39 is 0 Å². The first-order valence-electron chi connectivity index (χ1n) is 0.805. The predicted molar refractivity (Wildman–Crippen MR) is 23.9 cm³/mol. The largest absolute Gasteiger partial charge is 1.00 e. The van der Waals surface area contributed by atoms with Crippen molar-refractivity contribution in [2.45, 2.75) is 0 Å². The Hall–Kier alpha value is 2.18. The van der Waals surface area contributed by atoms with Gasteiger partial charge in [-0.3, -0.25) is 0 Å². The van der Waals surface area contributed by atoms with E-state index in [0.29, 0.717) is 0 Å². The maximum absolute atomic E-state index is 4.27. The van der Waals surface area contributed by atoms with Crippen LogP contribution in [0.15, 0.2) is 10.8 Å². The molecule has 0 saturated heterocycles. The van der Waals surface area contributed by atoms with Crippen molar-refractivity contribution in [3.63, 3.8) is 0 Å². The average Bonchev–Trinajstić information content (AvgIpc) is 1.37. The van der Waals surface area contributed by atoms with Gasteiger partial charge in [0.25, 0.3) is 0 Å². The summed E-state index contributed by atoms with van der Waals surface area (Å²) in [7, 11) is 0. The zero-order valence-corrected chi connectivity index (χ0v) is 9.60. The van der Waals surface area contributed by atoms with Gasteiger partial charge in [-0.15, -0.1) is 0 Å². The normalized spacial score (nSPS) is 6.00. The Morgan fingerprint density at radius 2 is 1.00 bits per heavy atom. The minimum absolute atomic E-state index is 0. The van der Waals surface area contributed by atoms with E-state index in [4.69, 9.17) is 0 Å². The third kappa shape index (κ3) is 16.4. The SMILES string of the molecule is [Na+].[Na+].[S-]C=C[S-]. The summed E-state index contributed by atoms with van der Waals surface area (Å²) < 4.78 is 0. The molecule has 0 bridgehead atoms. The Bertz CT molecular complexity index is 24.7. The molecule has 0 radical (unpaired) electrons. The molecule has 4 heteroatoms. The molecule has 0 aromatic heterocycles. The van der Waals surface area contributed by atoms with E-state index in [9.17, 15) is 0 Å². The van der Waals surface area contributed by atoms with E-state index in [1.165, 1.54) is 10.8 Å². The van der Waals surface area contributed by atoms with Crippen molar-refractivity contribution in [3.05, 3.63) is 10.8 Å². The summed E-state index contributed by atoms with van der Waals surface area (Å²) in [5.74, 6) is 0. The maximum atomic E-state index is 4.27. The number of rotatable bonds is 0. The van der Waals surface area contributed by atoms with Gasteiger partial charge in [-0.25, -0.2) is 10.8 Å². The molecule has 0 saturated carbocycles. The van der Waals surface area contributed by atoms with Crippen LogP contribution in [0.1, 0.15) is 0 Å². The van der Waals surface area contributed by atoms with E-state index in [2.05, 4.69) is 25.3 Å². The molecule has 0 aromatic carbocycles. The van der Waals surface area contributed by atoms with Gasteiger partial charge in [0.05, 0.1) is 0 Å². The standard InChI is InChI=1S/C2H4S2.2Na/c3-1-2-4;;/h1-4H;;/q;2*+1/p-2. The van der Waals surface area contributed by atoms with Crippen LogP contribution in [0.4, 0.5) is 0 Å².